The zero-order valence-corrected chi connectivity index (χ0v) is 16.2. The van der Waals surface area contributed by atoms with Gasteiger partial charge in [-0.2, -0.15) is 0 Å². The number of hydrogen-bond donors (Lipinski definition) is 1. The lowest BCUT2D eigenvalue weighted by atomic mass is 10.1. The van der Waals surface area contributed by atoms with Crippen molar-refractivity contribution in [3.05, 3.63) is 82.8 Å². The minimum Gasteiger partial charge on any atom is -0.507 e. The molecule has 0 saturated heterocycles. The Hall–Kier alpha value is -3.05. The van der Waals surface area contributed by atoms with Crippen LogP contribution in [0.5, 0.6) is 5.75 Å². The summed E-state index contributed by atoms with van der Waals surface area (Å²) < 4.78 is 0.986. The zero-order valence-electron chi connectivity index (χ0n) is 14.6. The van der Waals surface area contributed by atoms with Crippen molar-refractivity contribution < 1.29 is 5.11 Å². The van der Waals surface area contributed by atoms with Crippen LogP contribution < -0.4 is 0 Å². The van der Waals surface area contributed by atoms with Gasteiger partial charge in [-0.25, -0.2) is 15.0 Å². The lowest BCUT2D eigenvalue weighted by Crippen LogP contribution is -2.00. The molecule has 0 amide bonds. The van der Waals surface area contributed by atoms with E-state index < -0.39 is 0 Å². The van der Waals surface area contributed by atoms with Crippen LogP contribution in [0.15, 0.2) is 77.3 Å². The second kappa shape index (κ2) is 7.29. The van der Waals surface area contributed by atoms with Gasteiger partial charge in [-0.3, -0.25) is 0 Å². The van der Waals surface area contributed by atoms with Gasteiger partial charge in [-0.1, -0.05) is 64.5 Å². The van der Waals surface area contributed by atoms with Gasteiger partial charge in [0.05, 0.1) is 5.56 Å². The van der Waals surface area contributed by atoms with Crippen LogP contribution in [0.2, 0.25) is 0 Å². The highest BCUT2D eigenvalue weighted by molar-refractivity contribution is 9.10. The standard InChI is InChI=1S/C22H16BrN3O/c1-14-7-12-18(19(27)13-14)22-25-20(15-5-3-2-4-6-15)24-21(26-22)16-8-10-17(23)11-9-16/h2-13,27H,1H3. The van der Waals surface area contributed by atoms with Crippen LogP contribution >= 0.6 is 15.9 Å². The van der Waals surface area contributed by atoms with Gasteiger partial charge in [0.15, 0.2) is 17.5 Å². The number of phenolic OH excluding ortho intramolecular Hbond substituents is 1. The van der Waals surface area contributed by atoms with E-state index in [0.29, 0.717) is 23.0 Å². The molecule has 0 aliphatic carbocycles. The number of phenols is 1. The molecule has 0 saturated carbocycles. The van der Waals surface area contributed by atoms with Crippen LogP contribution in [0.25, 0.3) is 34.2 Å². The third-order valence-electron chi connectivity index (χ3n) is 4.16. The molecule has 1 aromatic heterocycles. The first-order valence-electron chi connectivity index (χ1n) is 8.47. The highest BCUT2D eigenvalue weighted by Gasteiger charge is 2.14. The Morgan fingerprint density at radius 1 is 0.704 bits per heavy atom. The molecular formula is C22H16BrN3O. The molecule has 1 heterocycles. The van der Waals surface area contributed by atoms with Crippen LogP contribution in [-0.4, -0.2) is 20.1 Å². The molecule has 132 valence electrons. The summed E-state index contributed by atoms with van der Waals surface area (Å²) in [5.74, 6) is 1.73. The smallest absolute Gasteiger partial charge is 0.167 e. The average molecular weight is 418 g/mol. The largest absolute Gasteiger partial charge is 0.507 e. The molecular weight excluding hydrogens is 402 g/mol. The summed E-state index contributed by atoms with van der Waals surface area (Å²) in [4.78, 5) is 13.9. The van der Waals surface area contributed by atoms with Gasteiger partial charge >= 0.3 is 0 Å². The molecule has 4 nitrogen and oxygen atoms in total. The van der Waals surface area contributed by atoms with E-state index in [2.05, 4.69) is 30.9 Å². The van der Waals surface area contributed by atoms with Crippen LogP contribution in [0.4, 0.5) is 0 Å². The van der Waals surface area contributed by atoms with E-state index in [1.165, 1.54) is 0 Å². The maximum Gasteiger partial charge on any atom is 0.167 e. The third kappa shape index (κ3) is 3.73. The van der Waals surface area contributed by atoms with Crippen molar-refractivity contribution in [1.29, 1.82) is 0 Å². The zero-order chi connectivity index (χ0) is 18.8. The van der Waals surface area contributed by atoms with Crippen molar-refractivity contribution in [2.45, 2.75) is 6.92 Å². The molecule has 0 unspecified atom stereocenters. The fraction of sp³-hybridized carbons (Fsp3) is 0.0455. The normalized spacial score (nSPS) is 10.7. The van der Waals surface area contributed by atoms with Crippen molar-refractivity contribution in [2.75, 3.05) is 0 Å². The van der Waals surface area contributed by atoms with Crippen LogP contribution in [0, 0.1) is 6.92 Å². The minimum absolute atomic E-state index is 0.155. The molecule has 27 heavy (non-hydrogen) atoms. The van der Waals surface area contributed by atoms with E-state index in [1.54, 1.807) is 6.07 Å². The van der Waals surface area contributed by atoms with E-state index in [-0.39, 0.29) is 5.75 Å². The number of benzene rings is 3. The Balaban J connectivity index is 1.93. The number of aryl methyl sites for hydroxylation is 1. The Labute approximate surface area is 165 Å². The molecule has 0 bridgehead atoms. The van der Waals surface area contributed by atoms with E-state index in [1.807, 2.05) is 73.7 Å². The first-order chi connectivity index (χ1) is 13.1. The predicted octanol–water partition coefficient (Wildman–Crippen LogP) is 5.65. The maximum absolute atomic E-state index is 10.4. The molecule has 4 aromatic rings. The van der Waals surface area contributed by atoms with Gasteiger partial charge in [-0.05, 0) is 36.8 Å². The van der Waals surface area contributed by atoms with E-state index in [0.717, 1.165) is 21.2 Å². The summed E-state index contributed by atoms with van der Waals surface area (Å²) in [6.07, 6.45) is 0. The molecule has 0 spiro atoms. The monoisotopic (exact) mass is 417 g/mol. The molecule has 0 aliphatic rings. The summed E-state index contributed by atoms with van der Waals surface area (Å²) >= 11 is 3.45. The van der Waals surface area contributed by atoms with Gasteiger partial charge in [0, 0.05) is 15.6 Å². The van der Waals surface area contributed by atoms with Crippen molar-refractivity contribution in [3.8, 4) is 39.9 Å². The second-order valence-corrected chi connectivity index (χ2v) is 7.12. The molecule has 0 fully saturated rings. The number of nitrogens with zero attached hydrogens (tertiary/aromatic N) is 3. The van der Waals surface area contributed by atoms with Crippen molar-refractivity contribution >= 4 is 15.9 Å². The Bertz CT molecular complexity index is 1100. The summed E-state index contributed by atoms with van der Waals surface area (Å²) in [5, 5.41) is 10.4. The van der Waals surface area contributed by atoms with Crippen molar-refractivity contribution in [3.63, 3.8) is 0 Å². The summed E-state index contributed by atoms with van der Waals surface area (Å²) in [5.41, 5.74) is 3.33. The predicted molar refractivity (Wildman–Crippen MR) is 110 cm³/mol. The van der Waals surface area contributed by atoms with Crippen LogP contribution in [0.3, 0.4) is 0 Å². The first-order valence-corrected chi connectivity index (χ1v) is 9.27. The number of rotatable bonds is 3. The number of hydrogen-bond acceptors (Lipinski definition) is 4. The Morgan fingerprint density at radius 3 is 1.93 bits per heavy atom. The third-order valence-corrected chi connectivity index (χ3v) is 4.69. The van der Waals surface area contributed by atoms with Gasteiger partial charge < -0.3 is 5.11 Å². The molecule has 0 aliphatic heterocycles. The van der Waals surface area contributed by atoms with Crippen molar-refractivity contribution in [2.24, 2.45) is 0 Å². The van der Waals surface area contributed by atoms with Gasteiger partial charge in [0.1, 0.15) is 5.75 Å². The highest BCUT2D eigenvalue weighted by atomic mass is 79.9. The molecule has 0 atom stereocenters. The molecule has 0 radical (unpaired) electrons. The SMILES string of the molecule is Cc1ccc(-c2nc(-c3ccccc3)nc(-c3ccc(Br)cc3)n2)c(O)c1. The van der Waals surface area contributed by atoms with Gasteiger partial charge in [0.25, 0.3) is 0 Å². The lowest BCUT2D eigenvalue weighted by Gasteiger charge is -2.09. The molecule has 4 rings (SSSR count). The summed E-state index contributed by atoms with van der Waals surface area (Å²) in [6.45, 7) is 1.93. The fourth-order valence-corrected chi connectivity index (χ4v) is 3.04. The molecule has 5 heteroatoms. The number of halogens is 1. The average Bonchev–Trinajstić information content (AvgIpc) is 2.69. The Morgan fingerprint density at radius 2 is 1.30 bits per heavy atom. The van der Waals surface area contributed by atoms with Crippen molar-refractivity contribution in [1.82, 2.24) is 15.0 Å². The van der Waals surface area contributed by atoms with Crippen LogP contribution in [0.1, 0.15) is 5.56 Å². The van der Waals surface area contributed by atoms with Gasteiger partial charge in [0.2, 0.25) is 0 Å². The van der Waals surface area contributed by atoms with E-state index in [9.17, 15) is 5.11 Å². The second-order valence-electron chi connectivity index (χ2n) is 6.20. The number of aromatic nitrogens is 3. The van der Waals surface area contributed by atoms with Crippen LogP contribution in [-0.2, 0) is 0 Å². The Kier molecular flexibility index (Phi) is 4.69. The van der Waals surface area contributed by atoms with E-state index >= 15 is 0 Å². The van der Waals surface area contributed by atoms with E-state index in [4.69, 9.17) is 0 Å². The quantitative estimate of drug-likeness (QED) is 0.467. The minimum atomic E-state index is 0.155. The lowest BCUT2D eigenvalue weighted by molar-refractivity contribution is 0.476. The number of aromatic hydroxyl groups is 1. The first kappa shape index (κ1) is 17.4. The van der Waals surface area contributed by atoms with Gasteiger partial charge in [-0.15, -0.1) is 0 Å². The summed E-state index contributed by atoms with van der Waals surface area (Å²) in [6, 6.07) is 23.0. The maximum atomic E-state index is 10.4. The summed E-state index contributed by atoms with van der Waals surface area (Å²) in [7, 11) is 0. The highest BCUT2D eigenvalue weighted by Crippen LogP contribution is 2.30. The topological polar surface area (TPSA) is 58.9 Å². The molecule has 1 N–H and O–H groups in total. The molecule has 3 aromatic carbocycles. The fourth-order valence-electron chi connectivity index (χ4n) is 2.77.